The first kappa shape index (κ1) is 25.4. The fourth-order valence-corrected chi connectivity index (χ4v) is 5.81. The number of nitrogen functional groups attached to an aromatic ring is 1. The molecule has 0 unspecified atom stereocenters. The van der Waals surface area contributed by atoms with Gasteiger partial charge in [-0.15, -0.1) is 11.3 Å². The van der Waals surface area contributed by atoms with Gasteiger partial charge in [-0.1, -0.05) is 19.1 Å². The van der Waals surface area contributed by atoms with Crippen LogP contribution in [0.1, 0.15) is 46.5 Å². The van der Waals surface area contributed by atoms with Crippen molar-refractivity contribution >= 4 is 44.7 Å². The van der Waals surface area contributed by atoms with Crippen LogP contribution in [0.2, 0.25) is 0 Å². The SMILES string of the molecule is C[C@@H]1C[C@@H](C(=O)NCc2cc3cnc(N)cc3s2)n2c1ncc(NC(=O)c1ccn(-c3ccccc3F)n1)c2=O. The second-order valence-electron chi connectivity index (χ2n) is 9.49. The molecule has 4 N–H and O–H groups in total. The lowest BCUT2D eigenvalue weighted by Crippen LogP contribution is -2.36. The van der Waals surface area contributed by atoms with E-state index in [9.17, 15) is 18.8 Å². The van der Waals surface area contributed by atoms with E-state index in [0.717, 1.165) is 15.0 Å². The van der Waals surface area contributed by atoms with E-state index in [1.54, 1.807) is 24.4 Å². The van der Waals surface area contributed by atoms with Crippen LogP contribution in [0.15, 0.2) is 65.8 Å². The molecule has 2 atom stereocenters. The summed E-state index contributed by atoms with van der Waals surface area (Å²) >= 11 is 1.50. The summed E-state index contributed by atoms with van der Waals surface area (Å²) in [6, 6.07) is 10.4. The highest BCUT2D eigenvalue weighted by Crippen LogP contribution is 2.33. The Bertz CT molecular complexity index is 1850. The van der Waals surface area contributed by atoms with Gasteiger partial charge < -0.3 is 16.4 Å². The Kier molecular flexibility index (Phi) is 6.34. The molecule has 0 fully saturated rings. The molecule has 6 rings (SSSR count). The quantitative estimate of drug-likeness (QED) is 0.289. The first-order valence-electron chi connectivity index (χ1n) is 12.4. The zero-order valence-corrected chi connectivity index (χ0v) is 22.0. The lowest BCUT2D eigenvalue weighted by molar-refractivity contribution is -0.124. The second-order valence-corrected chi connectivity index (χ2v) is 10.7. The molecular formula is C27H23FN8O3S. The molecule has 5 heterocycles. The third-order valence-electron chi connectivity index (χ3n) is 6.73. The van der Waals surface area contributed by atoms with Gasteiger partial charge in [0.1, 0.15) is 34.9 Å². The molecule has 0 radical (unpaired) electrons. The van der Waals surface area contributed by atoms with Crippen LogP contribution in [0.5, 0.6) is 0 Å². The number of nitrogens with zero attached hydrogens (tertiary/aromatic N) is 5. The largest absolute Gasteiger partial charge is 0.384 e. The Hall–Kier alpha value is -4.91. The van der Waals surface area contributed by atoms with Gasteiger partial charge in [0.05, 0.1) is 12.7 Å². The number of halogens is 1. The number of nitrogens with two attached hydrogens (primary N) is 1. The summed E-state index contributed by atoms with van der Waals surface area (Å²) in [4.78, 5) is 48.9. The van der Waals surface area contributed by atoms with Gasteiger partial charge in [0.2, 0.25) is 5.91 Å². The van der Waals surface area contributed by atoms with Gasteiger partial charge in [0, 0.05) is 33.3 Å². The number of carbonyl (C=O) groups excluding carboxylic acids is 2. The van der Waals surface area contributed by atoms with E-state index in [-0.39, 0.29) is 35.4 Å². The van der Waals surface area contributed by atoms with Gasteiger partial charge in [0.15, 0.2) is 5.69 Å². The van der Waals surface area contributed by atoms with Gasteiger partial charge >= 0.3 is 0 Å². The second kappa shape index (κ2) is 10.0. The summed E-state index contributed by atoms with van der Waals surface area (Å²) in [6.07, 6.45) is 4.82. The topological polar surface area (TPSA) is 150 Å². The molecular weight excluding hydrogens is 535 g/mol. The lowest BCUT2D eigenvalue weighted by atomic mass is 10.1. The first-order valence-corrected chi connectivity index (χ1v) is 13.2. The maximum Gasteiger partial charge on any atom is 0.278 e. The number of hydrogen-bond acceptors (Lipinski definition) is 8. The molecule has 1 aliphatic heterocycles. The van der Waals surface area contributed by atoms with Crippen molar-refractivity contribution in [3.8, 4) is 5.69 Å². The van der Waals surface area contributed by atoms with Gasteiger partial charge in [-0.05, 0) is 36.8 Å². The highest BCUT2D eigenvalue weighted by molar-refractivity contribution is 7.19. The average Bonchev–Trinajstić information content (AvgIpc) is 3.66. The molecule has 202 valence electrons. The molecule has 0 saturated carbocycles. The third-order valence-corrected chi connectivity index (χ3v) is 7.83. The van der Waals surface area contributed by atoms with Crippen molar-refractivity contribution in [2.24, 2.45) is 0 Å². The number of amides is 2. The van der Waals surface area contributed by atoms with Crippen molar-refractivity contribution in [1.82, 2.24) is 29.6 Å². The van der Waals surface area contributed by atoms with Crippen molar-refractivity contribution in [3.05, 3.63) is 93.6 Å². The number of benzene rings is 1. The summed E-state index contributed by atoms with van der Waals surface area (Å²) < 4.78 is 17.7. The molecule has 13 heteroatoms. The number of carbonyl (C=O) groups is 2. The molecule has 1 aromatic carbocycles. The Morgan fingerprint density at radius 2 is 2.00 bits per heavy atom. The Morgan fingerprint density at radius 1 is 1.18 bits per heavy atom. The molecule has 2 amide bonds. The van der Waals surface area contributed by atoms with Crippen molar-refractivity contribution in [2.75, 3.05) is 11.1 Å². The van der Waals surface area contributed by atoms with Crippen LogP contribution in [-0.2, 0) is 11.3 Å². The highest BCUT2D eigenvalue weighted by Gasteiger charge is 2.36. The monoisotopic (exact) mass is 558 g/mol. The summed E-state index contributed by atoms with van der Waals surface area (Å²) in [5.41, 5.74) is 5.29. The first-order chi connectivity index (χ1) is 19.3. The number of rotatable bonds is 6. The van der Waals surface area contributed by atoms with Crippen LogP contribution in [-0.4, -0.2) is 36.1 Å². The number of aromatic nitrogens is 5. The van der Waals surface area contributed by atoms with Crippen molar-refractivity contribution in [1.29, 1.82) is 0 Å². The fraction of sp³-hybridized carbons (Fsp3) is 0.185. The average molecular weight is 559 g/mol. The number of fused-ring (bicyclic) bond motifs is 2. The van der Waals surface area contributed by atoms with E-state index in [2.05, 4.69) is 25.7 Å². The summed E-state index contributed by atoms with van der Waals surface area (Å²) in [5.74, 6) is -0.725. The molecule has 5 aromatic rings. The molecule has 40 heavy (non-hydrogen) atoms. The van der Waals surface area contributed by atoms with E-state index >= 15 is 0 Å². The van der Waals surface area contributed by atoms with Crippen LogP contribution >= 0.6 is 11.3 Å². The van der Waals surface area contributed by atoms with Gasteiger partial charge in [-0.25, -0.2) is 19.0 Å². The smallest absolute Gasteiger partial charge is 0.278 e. The summed E-state index contributed by atoms with van der Waals surface area (Å²) in [6.45, 7) is 2.17. The Morgan fingerprint density at radius 3 is 2.83 bits per heavy atom. The lowest BCUT2D eigenvalue weighted by Gasteiger charge is -2.15. The highest BCUT2D eigenvalue weighted by atomic mass is 32.1. The standard InChI is InChI=1S/C27H23FN8O3S/c1-14-8-21(26(38)32-12-16-9-15-11-30-23(29)10-22(15)40-16)36-24(14)31-13-19(27(36)39)33-25(37)18-6-7-35(34-18)20-5-3-2-4-17(20)28/h2-7,9-11,13-14,21H,8,12H2,1H3,(H2,29,30)(H,32,38)(H,33,37)/t14-,21+/m1/s1. The molecule has 0 spiro atoms. The van der Waals surface area contributed by atoms with Crippen LogP contribution in [0.25, 0.3) is 15.8 Å². The minimum atomic E-state index is -0.784. The third kappa shape index (κ3) is 4.60. The van der Waals surface area contributed by atoms with E-state index in [4.69, 9.17) is 5.73 Å². The van der Waals surface area contributed by atoms with E-state index in [1.807, 2.05) is 13.0 Å². The molecule has 0 aliphatic carbocycles. The maximum absolute atomic E-state index is 14.1. The number of pyridine rings is 1. The predicted octanol–water partition coefficient (Wildman–Crippen LogP) is 3.38. The van der Waals surface area contributed by atoms with Gasteiger partial charge in [0.25, 0.3) is 11.5 Å². The zero-order chi connectivity index (χ0) is 28.0. The van der Waals surface area contributed by atoms with Gasteiger partial charge in [-0.3, -0.25) is 19.0 Å². The van der Waals surface area contributed by atoms with E-state index in [0.29, 0.717) is 18.1 Å². The van der Waals surface area contributed by atoms with Crippen molar-refractivity contribution < 1.29 is 14.0 Å². The molecule has 1 aliphatic rings. The summed E-state index contributed by atoms with van der Waals surface area (Å²) in [5, 5.41) is 10.5. The normalized spacial score (nSPS) is 16.1. The Labute approximate surface area is 230 Å². The number of nitrogens with one attached hydrogen (secondary N) is 2. The van der Waals surface area contributed by atoms with Crippen LogP contribution in [0.4, 0.5) is 15.9 Å². The maximum atomic E-state index is 14.1. The number of thiophene rings is 1. The van der Waals surface area contributed by atoms with E-state index in [1.165, 1.54) is 51.2 Å². The van der Waals surface area contributed by atoms with Crippen LogP contribution in [0.3, 0.4) is 0 Å². The number of para-hydroxylation sites is 1. The number of hydrogen-bond donors (Lipinski definition) is 3. The number of anilines is 2. The Balaban J connectivity index is 1.20. The fourth-order valence-electron chi connectivity index (χ4n) is 4.79. The van der Waals surface area contributed by atoms with Crippen LogP contribution < -0.4 is 21.9 Å². The van der Waals surface area contributed by atoms with Crippen molar-refractivity contribution in [3.63, 3.8) is 0 Å². The summed E-state index contributed by atoms with van der Waals surface area (Å²) in [7, 11) is 0. The molecule has 11 nitrogen and oxygen atoms in total. The predicted molar refractivity (Wildman–Crippen MR) is 148 cm³/mol. The minimum absolute atomic E-state index is 0.0175. The van der Waals surface area contributed by atoms with Crippen LogP contribution in [0, 0.1) is 5.82 Å². The molecule has 0 saturated heterocycles. The molecule has 0 bridgehead atoms. The van der Waals surface area contributed by atoms with Gasteiger partial charge in [-0.2, -0.15) is 5.10 Å². The van der Waals surface area contributed by atoms with E-state index < -0.39 is 23.3 Å². The zero-order valence-electron chi connectivity index (χ0n) is 21.2. The molecule has 4 aromatic heterocycles. The minimum Gasteiger partial charge on any atom is -0.384 e. The van der Waals surface area contributed by atoms with Crippen molar-refractivity contribution in [2.45, 2.75) is 31.8 Å².